The summed E-state index contributed by atoms with van der Waals surface area (Å²) in [4.78, 5) is 0. The van der Waals surface area contributed by atoms with Gasteiger partial charge in [0.05, 0.1) is 6.04 Å². The van der Waals surface area contributed by atoms with Gasteiger partial charge in [0.25, 0.3) is 0 Å². The van der Waals surface area contributed by atoms with Crippen LogP contribution in [0.1, 0.15) is 25.8 Å². The minimum atomic E-state index is 0.189. The second kappa shape index (κ2) is 3.63. The third-order valence-corrected chi connectivity index (χ3v) is 3.05. The van der Waals surface area contributed by atoms with Gasteiger partial charge in [0, 0.05) is 11.8 Å². The molecule has 1 aromatic heterocycles. The van der Waals surface area contributed by atoms with Crippen molar-refractivity contribution >= 4 is 11.8 Å². The number of hydrogen-bond acceptors (Lipinski definition) is 5. The quantitative estimate of drug-likeness (QED) is 0.713. The minimum Gasteiger partial charge on any atom is -0.327 e. The molecule has 2 rings (SSSR count). The Labute approximate surface area is 81.1 Å². The lowest BCUT2D eigenvalue weighted by Gasteiger charge is -2.03. The normalized spacial score (nSPS) is 18.9. The summed E-state index contributed by atoms with van der Waals surface area (Å²) in [5.74, 6) is 0.868. The van der Waals surface area contributed by atoms with Crippen LogP contribution in [0, 0.1) is 0 Å². The Kier molecular flexibility index (Phi) is 2.50. The molecule has 1 atom stereocenters. The number of rotatable bonds is 4. The summed E-state index contributed by atoms with van der Waals surface area (Å²) in [6.45, 7) is 1.98. The average Bonchev–Trinajstić information content (AvgIpc) is 2.82. The summed E-state index contributed by atoms with van der Waals surface area (Å²) in [7, 11) is 0. The molecule has 0 aliphatic heterocycles. The topological polar surface area (TPSA) is 69.6 Å². The lowest BCUT2D eigenvalue weighted by Crippen LogP contribution is -2.17. The molecule has 6 heteroatoms. The van der Waals surface area contributed by atoms with E-state index in [1.165, 1.54) is 12.8 Å². The first-order valence-electron chi connectivity index (χ1n) is 4.43. The Bertz CT molecular complexity index is 280. The molecule has 1 aliphatic carbocycles. The predicted octanol–water partition coefficient (Wildman–Crippen LogP) is 0.447. The molecule has 1 aromatic rings. The summed E-state index contributed by atoms with van der Waals surface area (Å²) >= 11 is 1.63. The largest absolute Gasteiger partial charge is 0.327 e. The van der Waals surface area contributed by atoms with Crippen molar-refractivity contribution in [2.75, 3.05) is 5.75 Å². The minimum absolute atomic E-state index is 0.189. The van der Waals surface area contributed by atoms with Crippen LogP contribution >= 0.6 is 11.8 Å². The van der Waals surface area contributed by atoms with Crippen LogP contribution in [0.2, 0.25) is 0 Å². The molecule has 2 N–H and O–H groups in total. The summed E-state index contributed by atoms with van der Waals surface area (Å²) in [6.07, 6.45) is 2.41. The zero-order valence-corrected chi connectivity index (χ0v) is 8.37. The molecule has 0 saturated heterocycles. The van der Waals surface area contributed by atoms with Gasteiger partial charge in [-0.15, -0.1) is 5.10 Å². The fraction of sp³-hybridized carbons (Fsp3) is 0.857. The van der Waals surface area contributed by atoms with Crippen molar-refractivity contribution in [3.63, 3.8) is 0 Å². The van der Waals surface area contributed by atoms with Gasteiger partial charge in [-0.2, -0.15) is 0 Å². The highest BCUT2D eigenvalue weighted by atomic mass is 32.2. The zero-order valence-electron chi connectivity index (χ0n) is 7.55. The van der Waals surface area contributed by atoms with E-state index in [2.05, 4.69) is 15.5 Å². The van der Waals surface area contributed by atoms with Gasteiger partial charge < -0.3 is 5.73 Å². The highest BCUT2D eigenvalue weighted by Gasteiger charge is 2.27. The summed E-state index contributed by atoms with van der Waals surface area (Å²) in [5.41, 5.74) is 5.65. The van der Waals surface area contributed by atoms with E-state index in [0.717, 1.165) is 10.9 Å². The molecule has 0 amide bonds. The van der Waals surface area contributed by atoms with E-state index in [-0.39, 0.29) is 6.04 Å². The van der Waals surface area contributed by atoms with Crippen molar-refractivity contribution in [1.82, 2.24) is 20.2 Å². The van der Waals surface area contributed by atoms with Crippen LogP contribution in [-0.4, -0.2) is 32.0 Å². The number of nitrogens with two attached hydrogens (primary N) is 1. The molecule has 0 aromatic carbocycles. The van der Waals surface area contributed by atoms with Gasteiger partial charge in [0.1, 0.15) is 0 Å². The number of aromatic nitrogens is 4. The molecule has 1 saturated carbocycles. The standard InChI is InChI=1S/C7H13N5S/c1-5(8)4-13-7-9-10-11-12(7)6-2-3-6/h5-6H,2-4,8H2,1H3/t5-/m1/s1. The van der Waals surface area contributed by atoms with Gasteiger partial charge in [-0.3, -0.25) is 0 Å². The molecule has 0 radical (unpaired) electrons. The Morgan fingerprint density at radius 2 is 2.46 bits per heavy atom. The maximum Gasteiger partial charge on any atom is 0.209 e. The van der Waals surface area contributed by atoms with Gasteiger partial charge in [0.2, 0.25) is 5.16 Å². The van der Waals surface area contributed by atoms with Crippen LogP contribution < -0.4 is 5.73 Å². The number of hydrogen-bond donors (Lipinski definition) is 1. The third kappa shape index (κ3) is 2.19. The molecular formula is C7H13N5S. The first kappa shape index (κ1) is 8.96. The SMILES string of the molecule is C[C@@H](N)CSc1nnnn1C1CC1. The second-order valence-corrected chi connectivity index (χ2v) is 4.41. The van der Waals surface area contributed by atoms with Crippen molar-refractivity contribution in [2.24, 2.45) is 5.73 Å². The molecule has 1 aliphatic rings. The molecule has 1 heterocycles. The highest BCUT2D eigenvalue weighted by molar-refractivity contribution is 7.99. The van der Waals surface area contributed by atoms with Crippen molar-refractivity contribution in [3.8, 4) is 0 Å². The van der Waals surface area contributed by atoms with E-state index >= 15 is 0 Å². The fourth-order valence-electron chi connectivity index (χ4n) is 1.03. The Morgan fingerprint density at radius 1 is 1.69 bits per heavy atom. The summed E-state index contributed by atoms with van der Waals surface area (Å²) in [6, 6.07) is 0.736. The zero-order chi connectivity index (χ0) is 9.26. The predicted molar refractivity (Wildman–Crippen MR) is 50.5 cm³/mol. The van der Waals surface area contributed by atoms with Crippen LogP contribution in [0.5, 0.6) is 0 Å². The van der Waals surface area contributed by atoms with E-state index < -0.39 is 0 Å². The van der Waals surface area contributed by atoms with Crippen LogP contribution in [0.3, 0.4) is 0 Å². The van der Waals surface area contributed by atoms with Crippen molar-refractivity contribution in [3.05, 3.63) is 0 Å². The lowest BCUT2D eigenvalue weighted by molar-refractivity contribution is 0.565. The van der Waals surface area contributed by atoms with E-state index in [4.69, 9.17) is 5.73 Å². The summed E-state index contributed by atoms with van der Waals surface area (Å²) < 4.78 is 1.91. The van der Waals surface area contributed by atoms with Crippen molar-refractivity contribution in [2.45, 2.75) is 37.0 Å². The monoisotopic (exact) mass is 199 g/mol. The maximum atomic E-state index is 5.65. The third-order valence-electron chi connectivity index (χ3n) is 1.83. The lowest BCUT2D eigenvalue weighted by atomic mass is 10.4. The Hall–Kier alpha value is -0.620. The first-order valence-corrected chi connectivity index (χ1v) is 5.42. The van der Waals surface area contributed by atoms with Crippen molar-refractivity contribution < 1.29 is 0 Å². The van der Waals surface area contributed by atoms with E-state index in [1.807, 2.05) is 11.6 Å². The van der Waals surface area contributed by atoms with E-state index in [9.17, 15) is 0 Å². The van der Waals surface area contributed by atoms with Crippen molar-refractivity contribution in [1.29, 1.82) is 0 Å². The fourth-order valence-corrected chi connectivity index (χ4v) is 1.86. The van der Waals surface area contributed by atoms with Gasteiger partial charge in [-0.05, 0) is 30.2 Å². The van der Waals surface area contributed by atoms with Crippen LogP contribution in [-0.2, 0) is 0 Å². The number of tetrazole rings is 1. The molecule has 13 heavy (non-hydrogen) atoms. The van der Waals surface area contributed by atoms with Crippen LogP contribution in [0.4, 0.5) is 0 Å². The van der Waals surface area contributed by atoms with Gasteiger partial charge in [-0.25, -0.2) is 4.68 Å². The molecule has 0 bridgehead atoms. The molecular weight excluding hydrogens is 186 g/mol. The molecule has 1 fully saturated rings. The van der Waals surface area contributed by atoms with Gasteiger partial charge in [0.15, 0.2) is 0 Å². The Morgan fingerprint density at radius 3 is 3.08 bits per heavy atom. The highest BCUT2D eigenvalue weighted by Crippen LogP contribution is 2.36. The maximum absolute atomic E-state index is 5.65. The van der Waals surface area contributed by atoms with Crippen LogP contribution in [0.25, 0.3) is 0 Å². The van der Waals surface area contributed by atoms with Gasteiger partial charge in [-0.1, -0.05) is 11.8 Å². The van der Waals surface area contributed by atoms with Crippen LogP contribution in [0.15, 0.2) is 5.16 Å². The van der Waals surface area contributed by atoms with Gasteiger partial charge >= 0.3 is 0 Å². The van der Waals surface area contributed by atoms with E-state index in [1.54, 1.807) is 11.8 Å². The summed E-state index contributed by atoms with van der Waals surface area (Å²) in [5, 5.41) is 12.5. The smallest absolute Gasteiger partial charge is 0.209 e. The Balaban J connectivity index is 1.98. The van der Waals surface area contributed by atoms with E-state index in [0.29, 0.717) is 6.04 Å². The second-order valence-electron chi connectivity index (χ2n) is 3.43. The average molecular weight is 199 g/mol. The first-order chi connectivity index (χ1) is 6.27. The molecule has 0 spiro atoms. The molecule has 0 unspecified atom stereocenters. The molecule has 5 nitrogen and oxygen atoms in total. The molecule has 72 valence electrons. The number of thioether (sulfide) groups is 1. The number of nitrogens with zero attached hydrogens (tertiary/aromatic N) is 4.